The van der Waals surface area contributed by atoms with E-state index in [1.54, 1.807) is 4.31 Å². The van der Waals surface area contributed by atoms with Gasteiger partial charge in [-0.1, -0.05) is 24.3 Å². The van der Waals surface area contributed by atoms with Gasteiger partial charge >= 0.3 is 7.12 Å². The van der Waals surface area contributed by atoms with E-state index in [0.29, 0.717) is 19.0 Å². The van der Waals surface area contributed by atoms with E-state index in [-0.39, 0.29) is 18.3 Å². The fourth-order valence-corrected chi connectivity index (χ4v) is 3.62. The van der Waals surface area contributed by atoms with Crippen LogP contribution in [-0.4, -0.2) is 44.5 Å². The lowest BCUT2D eigenvalue weighted by molar-refractivity contribution is 0.00578. The Balaban J connectivity index is 1.70. The molecule has 23 heavy (non-hydrogen) atoms. The minimum atomic E-state index is -1.87. The summed E-state index contributed by atoms with van der Waals surface area (Å²) in [6, 6.07) is 8.23. The van der Waals surface area contributed by atoms with Gasteiger partial charge in [-0.25, -0.2) is 8.51 Å². The van der Waals surface area contributed by atoms with Crippen molar-refractivity contribution in [1.82, 2.24) is 4.31 Å². The molecule has 5 nitrogen and oxygen atoms in total. The van der Waals surface area contributed by atoms with Crippen LogP contribution in [0.3, 0.4) is 0 Å². The molecule has 3 rings (SSSR count). The average Bonchev–Trinajstić information content (AvgIpc) is 3.03. The van der Waals surface area contributed by atoms with Crippen molar-refractivity contribution in [2.24, 2.45) is 0 Å². The molecule has 126 valence electrons. The predicted molar refractivity (Wildman–Crippen MR) is 91.9 cm³/mol. The zero-order valence-corrected chi connectivity index (χ0v) is 14.9. The van der Waals surface area contributed by atoms with E-state index in [9.17, 15) is 4.21 Å². The van der Waals surface area contributed by atoms with Crippen molar-refractivity contribution in [3.63, 3.8) is 0 Å². The standard InChI is InChI=1S/C16H24BNO4S/c1-15(2)16(3,4)22-17(21-15)14-7-5-12(6-8-14)13-9-10-18(11-13)23(19)20/h5-8,13H,9-11H2,1-4H3,(H,19,20). The quantitative estimate of drug-likeness (QED) is 0.676. The summed E-state index contributed by atoms with van der Waals surface area (Å²) in [5.41, 5.74) is 1.52. The van der Waals surface area contributed by atoms with E-state index in [1.165, 1.54) is 5.56 Å². The van der Waals surface area contributed by atoms with Crippen molar-refractivity contribution in [3.8, 4) is 0 Å². The highest BCUT2D eigenvalue weighted by Crippen LogP contribution is 2.36. The van der Waals surface area contributed by atoms with Gasteiger partial charge in [-0.2, -0.15) is 0 Å². The Hall–Kier alpha value is -0.725. The molecule has 1 N–H and O–H groups in total. The summed E-state index contributed by atoms with van der Waals surface area (Å²) >= 11 is -1.87. The molecule has 2 aliphatic heterocycles. The Morgan fingerprint density at radius 2 is 1.74 bits per heavy atom. The van der Waals surface area contributed by atoms with Crippen LogP contribution in [0.4, 0.5) is 0 Å². The molecular weight excluding hydrogens is 313 g/mol. The number of hydrogen-bond donors (Lipinski definition) is 1. The largest absolute Gasteiger partial charge is 0.494 e. The molecule has 0 aliphatic carbocycles. The molecule has 2 saturated heterocycles. The summed E-state index contributed by atoms with van der Waals surface area (Å²) in [5.74, 6) is 0.304. The first-order valence-corrected chi connectivity index (χ1v) is 9.07. The van der Waals surface area contributed by atoms with Gasteiger partial charge in [-0.15, -0.1) is 0 Å². The van der Waals surface area contributed by atoms with E-state index < -0.39 is 11.3 Å². The van der Waals surface area contributed by atoms with Crippen LogP contribution < -0.4 is 5.46 Å². The van der Waals surface area contributed by atoms with Crippen molar-refractivity contribution < 1.29 is 18.1 Å². The second-order valence-electron chi connectivity index (χ2n) is 7.36. The van der Waals surface area contributed by atoms with Gasteiger partial charge in [0, 0.05) is 13.1 Å². The van der Waals surface area contributed by atoms with Gasteiger partial charge in [0.2, 0.25) is 11.3 Å². The molecule has 7 heteroatoms. The maximum Gasteiger partial charge on any atom is 0.494 e. The van der Waals surface area contributed by atoms with Crippen molar-refractivity contribution in [3.05, 3.63) is 29.8 Å². The summed E-state index contributed by atoms with van der Waals surface area (Å²) in [7, 11) is -0.348. The van der Waals surface area contributed by atoms with Gasteiger partial charge in [-0.05, 0) is 51.1 Å². The average molecular weight is 337 g/mol. The molecule has 0 aromatic heterocycles. The Bertz CT molecular complexity index is 589. The van der Waals surface area contributed by atoms with Crippen LogP contribution in [0.5, 0.6) is 0 Å². The molecule has 0 bridgehead atoms. The highest BCUT2D eigenvalue weighted by molar-refractivity contribution is 7.76. The summed E-state index contributed by atoms with van der Waals surface area (Å²) in [4.78, 5) is 0. The molecular formula is C16H24BNO4S. The lowest BCUT2D eigenvalue weighted by Crippen LogP contribution is -2.41. The predicted octanol–water partition coefficient (Wildman–Crippen LogP) is 1.91. The van der Waals surface area contributed by atoms with Crippen LogP contribution in [0.25, 0.3) is 0 Å². The molecule has 2 heterocycles. The molecule has 0 spiro atoms. The van der Waals surface area contributed by atoms with E-state index in [0.717, 1.165) is 11.9 Å². The van der Waals surface area contributed by atoms with Crippen LogP contribution in [0.15, 0.2) is 24.3 Å². The zero-order chi connectivity index (χ0) is 16.8. The fourth-order valence-electron chi connectivity index (χ4n) is 3.05. The molecule has 1 aromatic rings. The molecule has 2 atom stereocenters. The summed E-state index contributed by atoms with van der Waals surface area (Å²) in [6.07, 6.45) is 0.905. The minimum absolute atomic E-state index is 0.304. The smallest absolute Gasteiger partial charge is 0.399 e. The fraction of sp³-hybridized carbons (Fsp3) is 0.625. The highest BCUT2D eigenvalue weighted by Gasteiger charge is 2.51. The summed E-state index contributed by atoms with van der Waals surface area (Å²) < 4.78 is 34.0. The van der Waals surface area contributed by atoms with Gasteiger partial charge in [0.15, 0.2) is 0 Å². The van der Waals surface area contributed by atoms with Crippen molar-refractivity contribution in [2.45, 2.75) is 51.2 Å². The first-order valence-electron chi connectivity index (χ1n) is 8.01. The minimum Gasteiger partial charge on any atom is -0.399 e. The normalized spacial score (nSPS) is 28.2. The van der Waals surface area contributed by atoms with Gasteiger partial charge in [0.25, 0.3) is 0 Å². The molecule has 0 saturated carbocycles. The maximum absolute atomic E-state index is 11.1. The first kappa shape index (κ1) is 17.1. The maximum atomic E-state index is 11.1. The Kier molecular flexibility index (Phi) is 4.44. The Morgan fingerprint density at radius 1 is 1.17 bits per heavy atom. The molecule has 2 aliphatic rings. The van der Waals surface area contributed by atoms with Crippen LogP contribution >= 0.6 is 0 Å². The van der Waals surface area contributed by atoms with Crippen molar-refractivity contribution in [2.75, 3.05) is 13.1 Å². The number of benzene rings is 1. The van der Waals surface area contributed by atoms with E-state index >= 15 is 0 Å². The number of rotatable bonds is 3. The second kappa shape index (κ2) is 5.97. The third-order valence-electron chi connectivity index (χ3n) is 5.31. The van der Waals surface area contributed by atoms with Gasteiger partial charge in [-0.3, -0.25) is 4.55 Å². The molecule has 0 radical (unpaired) electrons. The van der Waals surface area contributed by atoms with Crippen LogP contribution in [0, 0.1) is 0 Å². The number of hydrogen-bond acceptors (Lipinski definition) is 3. The van der Waals surface area contributed by atoms with Crippen LogP contribution in [-0.2, 0) is 20.6 Å². The number of nitrogens with zero attached hydrogens (tertiary/aromatic N) is 1. The van der Waals surface area contributed by atoms with Crippen LogP contribution in [0.1, 0.15) is 45.6 Å². The SMILES string of the molecule is CC1(C)OB(c2ccc(C3CCN(S(=O)O)C3)cc2)OC1(C)C. The van der Waals surface area contributed by atoms with Gasteiger partial charge < -0.3 is 9.31 Å². The van der Waals surface area contributed by atoms with E-state index in [1.807, 2.05) is 39.8 Å². The van der Waals surface area contributed by atoms with E-state index in [4.69, 9.17) is 13.9 Å². The topological polar surface area (TPSA) is 59.0 Å². The second-order valence-corrected chi connectivity index (χ2v) is 8.34. The lowest BCUT2D eigenvalue weighted by atomic mass is 9.78. The lowest BCUT2D eigenvalue weighted by Gasteiger charge is -2.32. The molecule has 2 fully saturated rings. The van der Waals surface area contributed by atoms with Crippen molar-refractivity contribution in [1.29, 1.82) is 0 Å². The monoisotopic (exact) mass is 337 g/mol. The van der Waals surface area contributed by atoms with Gasteiger partial charge in [0.05, 0.1) is 11.2 Å². The summed E-state index contributed by atoms with van der Waals surface area (Å²) in [6.45, 7) is 9.46. The molecule has 2 unspecified atom stereocenters. The molecule has 0 amide bonds. The summed E-state index contributed by atoms with van der Waals surface area (Å²) in [5, 5.41) is 0. The molecule has 1 aromatic carbocycles. The van der Waals surface area contributed by atoms with Crippen LogP contribution in [0.2, 0.25) is 0 Å². The Morgan fingerprint density at radius 3 is 2.22 bits per heavy atom. The zero-order valence-electron chi connectivity index (χ0n) is 14.1. The Labute approximate surface area is 140 Å². The highest BCUT2D eigenvalue weighted by atomic mass is 32.2. The third-order valence-corrected chi connectivity index (χ3v) is 6.08. The van der Waals surface area contributed by atoms with Gasteiger partial charge in [0.1, 0.15) is 0 Å². The first-order chi connectivity index (χ1) is 10.7. The van der Waals surface area contributed by atoms with E-state index in [2.05, 4.69) is 12.1 Å². The van der Waals surface area contributed by atoms with Crippen molar-refractivity contribution >= 4 is 23.8 Å². The third kappa shape index (κ3) is 3.26.